The first kappa shape index (κ1) is 45.1. The molecule has 0 saturated heterocycles. The van der Waals surface area contributed by atoms with Gasteiger partial charge in [-0.3, -0.25) is 14.5 Å². The zero-order valence-electron chi connectivity index (χ0n) is 33.1. The fourth-order valence-corrected chi connectivity index (χ4v) is 6.15. The Bertz CT molecular complexity index is 1600. The molecule has 0 aliphatic heterocycles. The molecule has 19 nitrogen and oxygen atoms in total. The van der Waals surface area contributed by atoms with Gasteiger partial charge in [0.15, 0.2) is 5.54 Å². The van der Waals surface area contributed by atoms with Crippen molar-refractivity contribution in [1.29, 1.82) is 0 Å². The molecule has 2 rings (SSSR count). The molecule has 2 heterocycles. The SMILES string of the molecule is Cn1ccnc1CN(Cc1nccn1C)C(C)(C)CC(C)(C)C(NC(=O)C(C)(C)[N+](C)(C)C(=O)NCCCCC(NC(=O)NCC(=O)O)C(=O)O)C(=O)O. The van der Waals surface area contributed by atoms with Crippen molar-refractivity contribution in [2.45, 2.75) is 103 Å². The lowest BCUT2D eigenvalue weighted by Gasteiger charge is -2.46. The average molecular weight is 764 g/mol. The van der Waals surface area contributed by atoms with Crippen LogP contribution < -0.4 is 21.3 Å². The Balaban J connectivity index is 2.12. The third kappa shape index (κ3) is 12.0. The second kappa shape index (κ2) is 18.3. The monoisotopic (exact) mass is 763 g/mol. The Morgan fingerprint density at radius 1 is 0.815 bits per heavy atom. The Morgan fingerprint density at radius 2 is 1.35 bits per heavy atom. The molecule has 2 aromatic heterocycles. The predicted molar refractivity (Wildman–Crippen MR) is 197 cm³/mol. The highest BCUT2D eigenvalue weighted by atomic mass is 16.4. The van der Waals surface area contributed by atoms with Gasteiger partial charge in [-0.25, -0.2) is 33.6 Å². The van der Waals surface area contributed by atoms with Gasteiger partial charge in [0.1, 0.15) is 30.3 Å². The highest BCUT2D eigenvalue weighted by Crippen LogP contribution is 2.37. The molecule has 54 heavy (non-hydrogen) atoms. The van der Waals surface area contributed by atoms with Crippen molar-refractivity contribution >= 4 is 35.9 Å². The number of carbonyl (C=O) groups is 6. The van der Waals surface area contributed by atoms with E-state index in [0.717, 1.165) is 11.6 Å². The van der Waals surface area contributed by atoms with Gasteiger partial charge in [-0.15, -0.1) is 0 Å². The first-order valence-electron chi connectivity index (χ1n) is 17.7. The number of aryl methyl sites for hydroxylation is 2. The fraction of sp³-hybridized carbons (Fsp3) is 0.657. The van der Waals surface area contributed by atoms with E-state index in [-0.39, 0.29) is 13.0 Å². The van der Waals surface area contributed by atoms with Crippen molar-refractivity contribution < 1.29 is 48.6 Å². The van der Waals surface area contributed by atoms with E-state index in [2.05, 4.69) is 30.8 Å². The van der Waals surface area contributed by atoms with Gasteiger partial charge >= 0.3 is 30.0 Å². The van der Waals surface area contributed by atoms with Crippen LogP contribution in [0.3, 0.4) is 0 Å². The van der Waals surface area contributed by atoms with Crippen LogP contribution >= 0.6 is 0 Å². The van der Waals surface area contributed by atoms with Crippen LogP contribution in [0.5, 0.6) is 0 Å². The number of hydrogen-bond acceptors (Lipinski definition) is 9. The molecule has 2 atom stereocenters. The number of amides is 5. The summed E-state index contributed by atoms with van der Waals surface area (Å²) >= 11 is 0. The molecule has 7 N–H and O–H groups in total. The zero-order chi connectivity index (χ0) is 41.2. The third-order valence-corrected chi connectivity index (χ3v) is 10.2. The number of carboxylic acids is 3. The Kier molecular flexibility index (Phi) is 15.3. The lowest BCUT2D eigenvalue weighted by Crippen LogP contribution is -2.70. The van der Waals surface area contributed by atoms with E-state index in [1.165, 1.54) is 14.1 Å². The van der Waals surface area contributed by atoms with Crippen molar-refractivity contribution in [1.82, 2.24) is 45.3 Å². The highest BCUT2D eigenvalue weighted by Gasteiger charge is 2.51. The lowest BCUT2D eigenvalue weighted by atomic mass is 9.73. The Labute approximate surface area is 316 Å². The van der Waals surface area contributed by atoms with Crippen LogP contribution in [0.25, 0.3) is 0 Å². The molecule has 0 aliphatic rings. The zero-order valence-corrected chi connectivity index (χ0v) is 33.1. The first-order chi connectivity index (χ1) is 24.8. The summed E-state index contributed by atoms with van der Waals surface area (Å²) in [5, 5.41) is 38.3. The number of nitrogens with zero attached hydrogens (tertiary/aromatic N) is 6. The number of carbonyl (C=O) groups excluding carboxylic acids is 3. The second-order valence-electron chi connectivity index (χ2n) is 15.8. The number of imidazole rings is 2. The van der Waals surface area contributed by atoms with E-state index in [4.69, 9.17) is 5.11 Å². The number of unbranched alkanes of at least 4 members (excludes halogenated alkanes) is 1. The summed E-state index contributed by atoms with van der Waals surface area (Å²) in [4.78, 5) is 85.3. The molecule has 2 unspecified atom stereocenters. The number of quaternary nitrogens is 1. The molecule has 5 amide bonds. The largest absolute Gasteiger partial charge is 0.480 e. The number of carboxylic acid groups (broad SMARTS) is 3. The molecule has 0 aromatic carbocycles. The molecule has 2 aromatic rings. The summed E-state index contributed by atoms with van der Waals surface area (Å²) in [6, 6.07) is -4.05. The van der Waals surface area contributed by atoms with Crippen molar-refractivity contribution in [3.63, 3.8) is 0 Å². The summed E-state index contributed by atoms with van der Waals surface area (Å²) < 4.78 is 3.36. The van der Waals surface area contributed by atoms with Crippen molar-refractivity contribution in [3.05, 3.63) is 36.4 Å². The number of hydrogen-bond donors (Lipinski definition) is 7. The minimum absolute atomic E-state index is 0.0186. The highest BCUT2D eigenvalue weighted by molar-refractivity contribution is 5.90. The molecule has 0 bridgehead atoms. The molecule has 0 aliphatic carbocycles. The molecule has 0 spiro atoms. The quantitative estimate of drug-likeness (QED) is 0.0706. The van der Waals surface area contributed by atoms with Crippen molar-refractivity contribution in [3.8, 4) is 0 Å². The number of urea groups is 2. The smallest absolute Gasteiger partial charge is 0.416 e. The van der Waals surface area contributed by atoms with Crippen LogP contribution in [0.15, 0.2) is 24.8 Å². The van der Waals surface area contributed by atoms with E-state index in [0.29, 0.717) is 32.4 Å². The van der Waals surface area contributed by atoms with Crippen LogP contribution in [-0.2, 0) is 46.4 Å². The summed E-state index contributed by atoms with van der Waals surface area (Å²) in [5.74, 6) is -2.81. The third-order valence-electron chi connectivity index (χ3n) is 10.2. The number of rotatable bonds is 21. The Morgan fingerprint density at radius 3 is 1.80 bits per heavy atom. The van der Waals surface area contributed by atoms with Crippen LogP contribution in [0.2, 0.25) is 0 Å². The van der Waals surface area contributed by atoms with Crippen LogP contribution in [-0.4, -0.2) is 130 Å². The first-order valence-corrected chi connectivity index (χ1v) is 17.7. The number of aliphatic carboxylic acids is 3. The predicted octanol–water partition coefficient (Wildman–Crippen LogP) is 1.49. The van der Waals surface area contributed by atoms with Gasteiger partial charge < -0.3 is 45.7 Å². The average Bonchev–Trinajstić information content (AvgIpc) is 3.66. The minimum Gasteiger partial charge on any atom is -0.480 e. The number of likely N-dealkylation sites (N-methyl/N-ethyl adjacent to an activating group) is 1. The van der Waals surface area contributed by atoms with E-state index in [9.17, 15) is 39.0 Å². The molecular formula is C35H59N10O9+. The maximum Gasteiger partial charge on any atom is 0.416 e. The van der Waals surface area contributed by atoms with E-state index < -0.39 is 75.5 Å². The molecule has 0 fully saturated rings. The van der Waals surface area contributed by atoms with E-state index >= 15 is 0 Å². The van der Waals surface area contributed by atoms with Gasteiger partial charge in [-0.05, 0) is 44.9 Å². The fourth-order valence-electron chi connectivity index (χ4n) is 6.15. The topological polar surface area (TPSA) is 250 Å². The van der Waals surface area contributed by atoms with Gasteiger partial charge in [-0.1, -0.05) is 13.8 Å². The van der Waals surface area contributed by atoms with Crippen LogP contribution in [0.1, 0.15) is 78.9 Å². The summed E-state index contributed by atoms with van der Waals surface area (Å²) in [6.07, 6.45) is 8.15. The van der Waals surface area contributed by atoms with Gasteiger partial charge in [-0.2, -0.15) is 0 Å². The Hall–Kier alpha value is -5.04. The maximum atomic E-state index is 13.9. The molecule has 19 heteroatoms. The molecule has 0 saturated carbocycles. The van der Waals surface area contributed by atoms with Gasteiger partial charge in [0.2, 0.25) is 0 Å². The molecule has 302 valence electrons. The van der Waals surface area contributed by atoms with Gasteiger partial charge in [0.05, 0.1) is 27.2 Å². The van der Waals surface area contributed by atoms with Gasteiger partial charge in [0.25, 0.3) is 5.91 Å². The van der Waals surface area contributed by atoms with Crippen LogP contribution in [0.4, 0.5) is 9.59 Å². The maximum absolute atomic E-state index is 13.9. The number of nitrogens with one attached hydrogen (secondary N) is 4. The van der Waals surface area contributed by atoms with E-state index in [1.54, 1.807) is 40.1 Å². The lowest BCUT2D eigenvalue weighted by molar-refractivity contribution is -0.850. The van der Waals surface area contributed by atoms with E-state index in [1.807, 2.05) is 54.8 Å². The summed E-state index contributed by atoms with van der Waals surface area (Å²) in [7, 11) is 6.88. The van der Waals surface area contributed by atoms with Gasteiger partial charge in [0, 0.05) is 64.8 Å². The minimum atomic E-state index is -1.44. The normalized spacial score (nSPS) is 13.5. The molecular weight excluding hydrogens is 704 g/mol. The standard InChI is InChI=1S/C35H58N10O9/c1-33(2,22-34(3,4)44(20-24-36-15-17-42(24)7)21-25-37-16-18-43(25)8)27(29(50)51)41-30(52)35(5,6)45(9,10)32(54)38-14-12-11-13-23(28(48)49)40-31(53)39-19-26(46)47/h15-18,23,27H,11-14,19-22H2,1-10H3,(H6-,38,39,40,41,46,47,48,49,50,51,52,53,54)/p+1. The van der Waals surface area contributed by atoms with Crippen LogP contribution in [0, 0.1) is 5.41 Å². The van der Waals surface area contributed by atoms with Crippen molar-refractivity contribution in [2.24, 2.45) is 19.5 Å². The molecule has 0 radical (unpaired) electrons. The second-order valence-corrected chi connectivity index (χ2v) is 15.8. The number of aromatic nitrogens is 4. The summed E-state index contributed by atoms with van der Waals surface area (Å²) in [5.41, 5.74) is -3.03. The summed E-state index contributed by atoms with van der Waals surface area (Å²) in [6.45, 7) is 11.1. The van der Waals surface area contributed by atoms with Crippen molar-refractivity contribution in [2.75, 3.05) is 27.2 Å².